The molecule has 1 aromatic carbocycles. The molecular formula is C18H22N6O4. The molecule has 1 atom stereocenters. The molecule has 0 spiro atoms. The van der Waals surface area contributed by atoms with Crippen LogP contribution in [0.4, 0.5) is 17.3 Å². The zero-order valence-electron chi connectivity index (χ0n) is 15.7. The van der Waals surface area contributed by atoms with Gasteiger partial charge in [-0.25, -0.2) is 9.97 Å². The normalized spacial score (nSPS) is 15.7. The summed E-state index contributed by atoms with van der Waals surface area (Å²) in [7, 11) is 1.45. The number of benzene rings is 1. The Labute approximate surface area is 162 Å². The quantitative estimate of drug-likeness (QED) is 0.587. The lowest BCUT2D eigenvalue weighted by Gasteiger charge is -2.37. The second-order valence-corrected chi connectivity index (χ2v) is 6.38. The molecule has 148 valence electrons. The number of nitrogens with one attached hydrogen (secondary N) is 1. The van der Waals surface area contributed by atoms with Gasteiger partial charge in [-0.05, 0) is 19.1 Å². The number of ether oxygens (including phenoxy) is 1. The first-order valence-corrected chi connectivity index (χ1v) is 8.89. The number of carbonyl (C=O) groups excluding carboxylic acids is 1. The van der Waals surface area contributed by atoms with Gasteiger partial charge in [0.1, 0.15) is 5.75 Å². The van der Waals surface area contributed by atoms with Crippen molar-refractivity contribution in [2.45, 2.75) is 13.0 Å². The number of non-ortho nitro benzene ring substituents is 1. The molecule has 28 heavy (non-hydrogen) atoms. The number of anilines is 2. The lowest BCUT2D eigenvalue weighted by molar-refractivity contribution is -0.384. The Morgan fingerprint density at radius 1 is 1.25 bits per heavy atom. The summed E-state index contributed by atoms with van der Waals surface area (Å²) in [5.41, 5.74) is 0.171. The van der Waals surface area contributed by atoms with Crippen molar-refractivity contribution in [1.29, 1.82) is 0 Å². The number of aromatic nitrogens is 2. The topological polar surface area (TPSA) is 114 Å². The number of amides is 1. The average molecular weight is 386 g/mol. The Bertz CT molecular complexity index is 839. The van der Waals surface area contributed by atoms with Crippen LogP contribution in [0, 0.1) is 10.1 Å². The first kappa shape index (κ1) is 19.5. The maximum absolute atomic E-state index is 12.7. The minimum absolute atomic E-state index is 0.111. The van der Waals surface area contributed by atoms with Gasteiger partial charge in [-0.1, -0.05) is 0 Å². The van der Waals surface area contributed by atoms with E-state index in [1.54, 1.807) is 18.5 Å². The van der Waals surface area contributed by atoms with Gasteiger partial charge in [-0.3, -0.25) is 19.8 Å². The summed E-state index contributed by atoms with van der Waals surface area (Å²) in [4.78, 5) is 35.8. The van der Waals surface area contributed by atoms with E-state index in [4.69, 9.17) is 4.74 Å². The van der Waals surface area contributed by atoms with E-state index in [-0.39, 0.29) is 17.3 Å². The van der Waals surface area contributed by atoms with Gasteiger partial charge in [-0.15, -0.1) is 0 Å². The monoisotopic (exact) mass is 386 g/mol. The molecule has 1 fully saturated rings. The summed E-state index contributed by atoms with van der Waals surface area (Å²) in [6.45, 7) is 4.59. The van der Waals surface area contributed by atoms with Crippen LogP contribution in [-0.2, 0) is 4.79 Å². The number of nitro benzene ring substituents is 1. The zero-order chi connectivity index (χ0) is 20.1. The Morgan fingerprint density at radius 2 is 1.93 bits per heavy atom. The minimum atomic E-state index is -0.511. The molecule has 10 heteroatoms. The van der Waals surface area contributed by atoms with Gasteiger partial charge < -0.3 is 15.0 Å². The van der Waals surface area contributed by atoms with Crippen LogP contribution in [0.5, 0.6) is 5.75 Å². The third kappa shape index (κ3) is 4.34. The standard InChI is InChI=1S/C18H22N6O4/c1-13(22-8-10-23(11-9-22)18-19-6-3-7-20-18)17(25)21-15-12-14(24(26)27)4-5-16(15)28-2/h3-7,12-13H,8-11H2,1-2H3,(H,21,25)/t13-/m0/s1. The van der Waals surface area contributed by atoms with Crippen molar-refractivity contribution in [3.05, 3.63) is 46.8 Å². The number of carbonyl (C=O) groups is 1. The largest absolute Gasteiger partial charge is 0.495 e. The van der Waals surface area contributed by atoms with Crippen LogP contribution in [0.25, 0.3) is 0 Å². The smallest absolute Gasteiger partial charge is 0.271 e. The van der Waals surface area contributed by atoms with Gasteiger partial charge >= 0.3 is 0 Å². The van der Waals surface area contributed by atoms with Gasteiger partial charge in [-0.2, -0.15) is 0 Å². The van der Waals surface area contributed by atoms with Gasteiger partial charge in [0.15, 0.2) is 0 Å². The SMILES string of the molecule is COc1ccc([N+](=O)[O-])cc1NC(=O)[C@H](C)N1CCN(c2ncccn2)CC1. The molecule has 0 aliphatic carbocycles. The molecule has 10 nitrogen and oxygen atoms in total. The number of rotatable bonds is 6. The van der Waals surface area contributed by atoms with Crippen molar-refractivity contribution in [3.8, 4) is 5.75 Å². The summed E-state index contributed by atoms with van der Waals surface area (Å²) in [6.07, 6.45) is 3.41. The lowest BCUT2D eigenvalue weighted by Crippen LogP contribution is -2.53. The van der Waals surface area contributed by atoms with Crippen molar-refractivity contribution in [1.82, 2.24) is 14.9 Å². The number of nitrogens with zero attached hydrogens (tertiary/aromatic N) is 5. The van der Waals surface area contributed by atoms with E-state index in [0.717, 1.165) is 0 Å². The van der Waals surface area contributed by atoms with Crippen LogP contribution < -0.4 is 15.0 Å². The highest BCUT2D eigenvalue weighted by atomic mass is 16.6. The molecule has 0 radical (unpaired) electrons. The molecule has 2 aromatic rings. The van der Waals surface area contributed by atoms with Gasteiger partial charge in [0.25, 0.3) is 5.69 Å². The van der Waals surface area contributed by atoms with E-state index >= 15 is 0 Å². The number of nitro groups is 1. The van der Waals surface area contributed by atoms with Crippen molar-refractivity contribution in [3.63, 3.8) is 0 Å². The summed E-state index contributed by atoms with van der Waals surface area (Å²) in [6, 6.07) is 5.48. The zero-order valence-corrected chi connectivity index (χ0v) is 15.7. The number of hydrogen-bond acceptors (Lipinski definition) is 8. The molecule has 1 aromatic heterocycles. The molecule has 1 aliphatic rings. The van der Waals surface area contributed by atoms with Crippen LogP contribution in [0.3, 0.4) is 0 Å². The predicted octanol–water partition coefficient (Wildman–Crippen LogP) is 1.54. The number of methoxy groups -OCH3 is 1. The summed E-state index contributed by atoms with van der Waals surface area (Å²) >= 11 is 0. The highest BCUT2D eigenvalue weighted by Crippen LogP contribution is 2.29. The fourth-order valence-electron chi connectivity index (χ4n) is 3.07. The molecule has 3 rings (SSSR count). The molecule has 0 saturated carbocycles. The van der Waals surface area contributed by atoms with Crippen molar-refractivity contribution < 1.29 is 14.5 Å². The Balaban J connectivity index is 1.62. The maximum atomic E-state index is 12.7. The molecule has 1 N–H and O–H groups in total. The molecule has 1 saturated heterocycles. The van der Waals surface area contributed by atoms with E-state index < -0.39 is 11.0 Å². The predicted molar refractivity (Wildman–Crippen MR) is 104 cm³/mol. The molecular weight excluding hydrogens is 364 g/mol. The Hall–Kier alpha value is -3.27. The van der Waals surface area contributed by atoms with Crippen LogP contribution in [-0.4, -0.2) is 65.0 Å². The average Bonchev–Trinajstić information content (AvgIpc) is 2.73. The highest BCUT2D eigenvalue weighted by molar-refractivity contribution is 5.96. The van der Waals surface area contributed by atoms with E-state index in [2.05, 4.69) is 25.1 Å². The van der Waals surface area contributed by atoms with E-state index in [9.17, 15) is 14.9 Å². The fourth-order valence-corrected chi connectivity index (χ4v) is 3.07. The van der Waals surface area contributed by atoms with Crippen LogP contribution in [0.1, 0.15) is 6.92 Å². The molecule has 2 heterocycles. The van der Waals surface area contributed by atoms with Crippen LogP contribution in [0.2, 0.25) is 0 Å². The van der Waals surface area contributed by atoms with Crippen LogP contribution in [0.15, 0.2) is 36.7 Å². The van der Waals surface area contributed by atoms with E-state index in [1.165, 1.54) is 25.3 Å². The lowest BCUT2D eigenvalue weighted by atomic mass is 10.2. The van der Waals surface area contributed by atoms with Gasteiger partial charge in [0.05, 0.1) is 23.8 Å². The molecule has 1 aliphatic heterocycles. The molecule has 0 bridgehead atoms. The second-order valence-electron chi connectivity index (χ2n) is 6.38. The maximum Gasteiger partial charge on any atom is 0.271 e. The van der Waals surface area contributed by atoms with Crippen molar-refractivity contribution in [2.24, 2.45) is 0 Å². The molecule has 0 unspecified atom stereocenters. The first-order valence-electron chi connectivity index (χ1n) is 8.89. The summed E-state index contributed by atoms with van der Waals surface area (Å²) in [5.74, 6) is 0.806. The Kier molecular flexibility index (Phi) is 5.99. The second kappa shape index (κ2) is 8.61. The van der Waals surface area contributed by atoms with Crippen molar-refractivity contribution >= 4 is 23.2 Å². The van der Waals surface area contributed by atoms with E-state index in [0.29, 0.717) is 37.9 Å². The third-order valence-corrected chi connectivity index (χ3v) is 4.73. The van der Waals surface area contributed by atoms with Crippen LogP contribution >= 0.6 is 0 Å². The van der Waals surface area contributed by atoms with Gasteiger partial charge in [0, 0.05) is 50.7 Å². The Morgan fingerprint density at radius 3 is 2.54 bits per heavy atom. The first-order chi connectivity index (χ1) is 13.5. The highest BCUT2D eigenvalue weighted by Gasteiger charge is 2.27. The number of piperazine rings is 1. The summed E-state index contributed by atoms with van der Waals surface area (Å²) in [5, 5.41) is 13.7. The summed E-state index contributed by atoms with van der Waals surface area (Å²) < 4.78 is 5.20. The fraction of sp³-hybridized carbons (Fsp3) is 0.389. The van der Waals surface area contributed by atoms with Crippen molar-refractivity contribution in [2.75, 3.05) is 43.5 Å². The van der Waals surface area contributed by atoms with E-state index in [1.807, 2.05) is 6.92 Å². The van der Waals surface area contributed by atoms with Gasteiger partial charge in [0.2, 0.25) is 11.9 Å². The third-order valence-electron chi connectivity index (χ3n) is 4.73. The number of hydrogen-bond donors (Lipinski definition) is 1. The molecule has 1 amide bonds. The minimum Gasteiger partial charge on any atom is -0.495 e.